The molecular formula is C12H22O4S. The van der Waals surface area contributed by atoms with E-state index in [2.05, 4.69) is 19.6 Å². The largest absolute Gasteiger partial charge is 0.481 e. The Bertz CT molecular complexity index is 255. The molecule has 0 saturated heterocycles. The van der Waals surface area contributed by atoms with Crippen LogP contribution in [0, 0.1) is 0 Å². The summed E-state index contributed by atoms with van der Waals surface area (Å²) >= 11 is 4.23. The van der Waals surface area contributed by atoms with Gasteiger partial charge in [-0.05, 0) is 13.3 Å². The van der Waals surface area contributed by atoms with Crippen molar-refractivity contribution in [1.29, 1.82) is 0 Å². The van der Waals surface area contributed by atoms with Crippen molar-refractivity contribution in [2.45, 2.75) is 57.1 Å². The molecule has 0 amide bonds. The Hall–Kier alpha value is -0.710. The van der Waals surface area contributed by atoms with Gasteiger partial charge in [0.05, 0.1) is 13.0 Å². The van der Waals surface area contributed by atoms with E-state index in [1.807, 2.05) is 0 Å². The molecule has 0 radical (unpaired) electrons. The molecule has 4 nitrogen and oxygen atoms in total. The molecule has 5 heteroatoms. The molecule has 100 valence electrons. The van der Waals surface area contributed by atoms with Gasteiger partial charge in [0.1, 0.15) is 4.75 Å². The first-order chi connectivity index (χ1) is 7.96. The summed E-state index contributed by atoms with van der Waals surface area (Å²) < 4.78 is 3.70. The number of hydrogen-bond acceptors (Lipinski definition) is 4. The summed E-state index contributed by atoms with van der Waals surface area (Å²) in [4.78, 5) is 22.5. The summed E-state index contributed by atoms with van der Waals surface area (Å²) in [5.74, 6) is -1.55. The summed E-state index contributed by atoms with van der Waals surface area (Å²) in [7, 11) is 0. The van der Waals surface area contributed by atoms with E-state index in [1.54, 1.807) is 6.92 Å². The van der Waals surface area contributed by atoms with E-state index in [4.69, 9.17) is 9.84 Å². The van der Waals surface area contributed by atoms with Crippen LogP contribution in [-0.4, -0.2) is 28.4 Å². The fraction of sp³-hybridized carbons (Fsp3) is 0.833. The third-order valence-electron chi connectivity index (χ3n) is 2.54. The Balaban J connectivity index is 4.38. The molecule has 0 aliphatic rings. The third-order valence-corrected chi connectivity index (χ3v) is 3.11. The maximum atomic E-state index is 11.7. The lowest BCUT2D eigenvalue weighted by Crippen LogP contribution is -2.37. The number of rotatable bonds is 9. The van der Waals surface area contributed by atoms with Gasteiger partial charge in [-0.25, -0.2) is 0 Å². The minimum Gasteiger partial charge on any atom is -0.481 e. The zero-order valence-corrected chi connectivity index (χ0v) is 11.5. The number of carbonyl (C=O) groups excluding carboxylic acids is 1. The number of thiol groups is 1. The van der Waals surface area contributed by atoms with E-state index < -0.39 is 16.7 Å². The van der Waals surface area contributed by atoms with Gasteiger partial charge in [-0.1, -0.05) is 32.6 Å². The molecule has 0 spiro atoms. The lowest BCUT2D eigenvalue weighted by molar-refractivity contribution is -0.150. The predicted octanol–water partition coefficient (Wildman–Crippen LogP) is 2.66. The van der Waals surface area contributed by atoms with Crippen molar-refractivity contribution in [2.24, 2.45) is 0 Å². The summed E-state index contributed by atoms with van der Waals surface area (Å²) in [5, 5.41) is 8.81. The highest BCUT2D eigenvalue weighted by atomic mass is 32.1. The standard InChI is InChI=1S/C12H22O4S/c1-3-5-6-7-8-12(17,9-10(13)14)11(15)16-4-2/h17H,3-9H2,1-2H3,(H,13,14). The molecule has 0 rings (SSSR count). The Morgan fingerprint density at radius 2 is 1.88 bits per heavy atom. The SMILES string of the molecule is CCCCCCC(S)(CC(=O)O)C(=O)OCC. The van der Waals surface area contributed by atoms with E-state index >= 15 is 0 Å². The minimum absolute atomic E-state index is 0.246. The second-order valence-corrected chi connectivity index (χ2v) is 4.99. The predicted molar refractivity (Wildman–Crippen MR) is 69.4 cm³/mol. The van der Waals surface area contributed by atoms with Crippen LogP contribution in [0.5, 0.6) is 0 Å². The Morgan fingerprint density at radius 1 is 1.24 bits per heavy atom. The van der Waals surface area contributed by atoms with Gasteiger partial charge in [0.2, 0.25) is 0 Å². The second kappa shape index (κ2) is 8.39. The number of esters is 1. The zero-order chi connectivity index (χ0) is 13.3. The van der Waals surface area contributed by atoms with E-state index in [0.29, 0.717) is 6.42 Å². The normalized spacial score (nSPS) is 14.1. The van der Waals surface area contributed by atoms with Crippen molar-refractivity contribution in [3.63, 3.8) is 0 Å². The van der Waals surface area contributed by atoms with Crippen molar-refractivity contribution in [2.75, 3.05) is 6.61 Å². The van der Waals surface area contributed by atoms with E-state index in [-0.39, 0.29) is 13.0 Å². The van der Waals surface area contributed by atoms with E-state index in [0.717, 1.165) is 25.7 Å². The number of carbonyl (C=O) groups is 2. The topological polar surface area (TPSA) is 63.6 Å². The summed E-state index contributed by atoms with van der Waals surface area (Å²) in [6, 6.07) is 0. The fourth-order valence-electron chi connectivity index (χ4n) is 1.62. The first-order valence-electron chi connectivity index (χ1n) is 6.07. The third kappa shape index (κ3) is 6.56. The molecule has 0 aliphatic heterocycles. The van der Waals surface area contributed by atoms with Crippen molar-refractivity contribution >= 4 is 24.6 Å². The van der Waals surface area contributed by atoms with Crippen molar-refractivity contribution < 1.29 is 19.4 Å². The molecule has 0 bridgehead atoms. The Kier molecular flexibility index (Phi) is 8.04. The van der Waals surface area contributed by atoms with Gasteiger partial charge in [-0.3, -0.25) is 9.59 Å². The number of ether oxygens (including phenoxy) is 1. The molecule has 0 aliphatic carbocycles. The average Bonchev–Trinajstić information content (AvgIpc) is 2.24. The monoisotopic (exact) mass is 262 g/mol. The quantitative estimate of drug-likeness (QED) is 0.381. The number of aliphatic carboxylic acids is 1. The van der Waals surface area contributed by atoms with Crippen LogP contribution in [0.25, 0.3) is 0 Å². The van der Waals surface area contributed by atoms with Crippen LogP contribution in [0.4, 0.5) is 0 Å². The van der Waals surface area contributed by atoms with Crippen LogP contribution in [0.1, 0.15) is 52.4 Å². The highest BCUT2D eigenvalue weighted by Crippen LogP contribution is 2.28. The first kappa shape index (κ1) is 16.3. The van der Waals surface area contributed by atoms with Crippen LogP contribution in [0.2, 0.25) is 0 Å². The Labute approximate surface area is 108 Å². The lowest BCUT2D eigenvalue weighted by Gasteiger charge is -2.24. The molecule has 17 heavy (non-hydrogen) atoms. The summed E-state index contributed by atoms with van der Waals surface area (Å²) in [6.07, 6.45) is 4.11. The van der Waals surface area contributed by atoms with Crippen LogP contribution in [-0.2, 0) is 14.3 Å². The molecule has 1 N–H and O–H groups in total. The van der Waals surface area contributed by atoms with Crippen molar-refractivity contribution in [3.05, 3.63) is 0 Å². The molecular weight excluding hydrogens is 240 g/mol. The molecule has 0 aromatic carbocycles. The lowest BCUT2D eigenvalue weighted by atomic mass is 9.96. The second-order valence-electron chi connectivity index (χ2n) is 4.13. The molecule has 1 atom stereocenters. The van der Waals surface area contributed by atoms with Gasteiger partial charge >= 0.3 is 11.9 Å². The molecule has 0 heterocycles. The molecule has 0 aromatic heterocycles. The van der Waals surface area contributed by atoms with E-state index in [1.165, 1.54) is 0 Å². The smallest absolute Gasteiger partial charge is 0.322 e. The van der Waals surface area contributed by atoms with Gasteiger partial charge in [0.25, 0.3) is 0 Å². The maximum Gasteiger partial charge on any atom is 0.322 e. The molecule has 0 saturated carbocycles. The minimum atomic E-state index is -1.18. The number of carboxylic acids is 1. The van der Waals surface area contributed by atoms with Crippen LogP contribution in [0.15, 0.2) is 0 Å². The summed E-state index contributed by atoms with van der Waals surface area (Å²) in [6.45, 7) is 4.04. The van der Waals surface area contributed by atoms with E-state index in [9.17, 15) is 9.59 Å². The van der Waals surface area contributed by atoms with Gasteiger partial charge in [0, 0.05) is 0 Å². The number of carboxylic acid groups (broad SMARTS) is 1. The maximum absolute atomic E-state index is 11.7. The van der Waals surface area contributed by atoms with Crippen LogP contribution in [0.3, 0.4) is 0 Å². The van der Waals surface area contributed by atoms with Crippen LogP contribution >= 0.6 is 12.6 Å². The average molecular weight is 262 g/mol. The molecule has 1 unspecified atom stereocenters. The van der Waals surface area contributed by atoms with Gasteiger partial charge in [0.15, 0.2) is 0 Å². The highest BCUT2D eigenvalue weighted by Gasteiger charge is 2.37. The van der Waals surface area contributed by atoms with Crippen molar-refractivity contribution in [3.8, 4) is 0 Å². The summed E-state index contributed by atoms with van der Waals surface area (Å²) in [5.41, 5.74) is 0. The van der Waals surface area contributed by atoms with Gasteiger partial charge in [-0.15, -0.1) is 0 Å². The van der Waals surface area contributed by atoms with Gasteiger partial charge < -0.3 is 9.84 Å². The van der Waals surface area contributed by atoms with Crippen LogP contribution < -0.4 is 0 Å². The van der Waals surface area contributed by atoms with Gasteiger partial charge in [-0.2, -0.15) is 12.6 Å². The number of unbranched alkanes of at least 4 members (excludes halogenated alkanes) is 3. The fourth-order valence-corrected chi connectivity index (χ4v) is 1.98. The first-order valence-corrected chi connectivity index (χ1v) is 6.52. The molecule has 0 fully saturated rings. The zero-order valence-electron chi connectivity index (χ0n) is 10.6. The van der Waals surface area contributed by atoms with Crippen molar-refractivity contribution in [1.82, 2.24) is 0 Å². The number of hydrogen-bond donors (Lipinski definition) is 2. The molecule has 0 aromatic rings. The highest BCUT2D eigenvalue weighted by molar-refractivity contribution is 7.82. The Morgan fingerprint density at radius 3 is 2.35 bits per heavy atom.